The van der Waals surface area contributed by atoms with E-state index in [9.17, 15) is 4.79 Å². The number of fused-ring (bicyclic) bond motifs is 1. The number of carbonyl (C=O) groups excluding carboxylic acids is 1. The Kier molecular flexibility index (Phi) is 6.10. The predicted molar refractivity (Wildman–Crippen MR) is 87.4 cm³/mol. The van der Waals surface area contributed by atoms with Crippen LogP contribution < -0.4 is 14.8 Å². The molecule has 1 aliphatic heterocycles. The second kappa shape index (κ2) is 8.06. The van der Waals surface area contributed by atoms with Gasteiger partial charge in [0.05, 0.1) is 12.5 Å². The normalized spacial score (nSPS) is 16.8. The first-order chi connectivity index (χ1) is 10.6. The summed E-state index contributed by atoms with van der Waals surface area (Å²) in [5.74, 6) is 2.37. The molecule has 0 aliphatic carbocycles. The quantitative estimate of drug-likeness (QED) is 0.787. The molecular weight excluding hydrogens is 278 g/mol. The lowest BCUT2D eigenvalue weighted by molar-refractivity contribution is -0.126. The first kappa shape index (κ1) is 16.7. The summed E-state index contributed by atoms with van der Waals surface area (Å²) in [6, 6.07) is 5.82. The van der Waals surface area contributed by atoms with Gasteiger partial charge < -0.3 is 14.8 Å². The van der Waals surface area contributed by atoms with E-state index in [0.717, 1.165) is 36.4 Å². The summed E-state index contributed by atoms with van der Waals surface area (Å²) in [7, 11) is 0. The van der Waals surface area contributed by atoms with Crippen molar-refractivity contribution < 1.29 is 14.3 Å². The number of benzene rings is 1. The van der Waals surface area contributed by atoms with Gasteiger partial charge >= 0.3 is 0 Å². The number of hydrogen-bond acceptors (Lipinski definition) is 3. The molecule has 1 aromatic carbocycles. The van der Waals surface area contributed by atoms with Gasteiger partial charge in [0.25, 0.3) is 0 Å². The second-order valence-corrected chi connectivity index (χ2v) is 6.24. The van der Waals surface area contributed by atoms with Crippen LogP contribution in [0.4, 0.5) is 0 Å². The van der Waals surface area contributed by atoms with Gasteiger partial charge in [-0.25, -0.2) is 0 Å². The number of amides is 1. The third-order valence-electron chi connectivity index (χ3n) is 3.88. The van der Waals surface area contributed by atoms with Gasteiger partial charge in [-0.2, -0.15) is 0 Å². The van der Waals surface area contributed by atoms with Gasteiger partial charge in [0.1, 0.15) is 18.1 Å². The van der Waals surface area contributed by atoms with Gasteiger partial charge in [-0.1, -0.05) is 13.8 Å². The number of ether oxygens (including phenoxy) is 2. The van der Waals surface area contributed by atoms with Crippen LogP contribution in [0.2, 0.25) is 0 Å². The van der Waals surface area contributed by atoms with Crippen LogP contribution in [0.1, 0.15) is 39.2 Å². The van der Waals surface area contributed by atoms with Gasteiger partial charge in [0.15, 0.2) is 0 Å². The fraction of sp³-hybridized carbons (Fsp3) is 0.611. The minimum atomic E-state index is -0.108. The Balaban J connectivity index is 1.87. The van der Waals surface area contributed by atoms with Crippen molar-refractivity contribution in [3.8, 4) is 11.5 Å². The Morgan fingerprint density at radius 3 is 3.00 bits per heavy atom. The molecule has 122 valence electrons. The molecule has 1 amide bonds. The van der Waals surface area contributed by atoms with E-state index in [-0.39, 0.29) is 11.8 Å². The van der Waals surface area contributed by atoms with Crippen molar-refractivity contribution in [2.24, 2.45) is 11.8 Å². The van der Waals surface area contributed by atoms with Crippen LogP contribution in [-0.2, 0) is 11.2 Å². The van der Waals surface area contributed by atoms with E-state index in [1.54, 1.807) is 0 Å². The third-order valence-corrected chi connectivity index (χ3v) is 3.88. The van der Waals surface area contributed by atoms with Gasteiger partial charge in [0, 0.05) is 6.54 Å². The zero-order valence-corrected chi connectivity index (χ0v) is 13.9. The highest BCUT2D eigenvalue weighted by Crippen LogP contribution is 2.30. The molecule has 2 rings (SSSR count). The fourth-order valence-electron chi connectivity index (χ4n) is 2.66. The third kappa shape index (κ3) is 4.65. The summed E-state index contributed by atoms with van der Waals surface area (Å²) in [4.78, 5) is 12.2. The summed E-state index contributed by atoms with van der Waals surface area (Å²) >= 11 is 0. The topological polar surface area (TPSA) is 47.6 Å². The summed E-state index contributed by atoms with van der Waals surface area (Å²) < 4.78 is 11.2. The number of hydrogen-bond donors (Lipinski definition) is 1. The molecule has 1 unspecified atom stereocenters. The average molecular weight is 305 g/mol. The van der Waals surface area contributed by atoms with E-state index >= 15 is 0 Å². The van der Waals surface area contributed by atoms with Crippen LogP contribution in [0.3, 0.4) is 0 Å². The van der Waals surface area contributed by atoms with Crippen molar-refractivity contribution >= 4 is 5.91 Å². The van der Waals surface area contributed by atoms with Crippen LogP contribution in [0.15, 0.2) is 18.2 Å². The van der Waals surface area contributed by atoms with Crippen molar-refractivity contribution in [2.45, 2.75) is 40.0 Å². The molecule has 0 radical (unpaired) electrons. The summed E-state index contributed by atoms with van der Waals surface area (Å²) in [5.41, 5.74) is 1.06. The first-order valence-electron chi connectivity index (χ1n) is 8.26. The number of rotatable bonds is 7. The predicted octanol–water partition coefficient (Wildman–Crippen LogP) is 3.19. The number of carbonyl (C=O) groups is 1. The molecule has 1 atom stereocenters. The maximum Gasteiger partial charge on any atom is 0.226 e. The maximum atomic E-state index is 12.2. The molecule has 0 fully saturated rings. The molecule has 0 spiro atoms. The Bertz CT molecular complexity index is 499. The van der Waals surface area contributed by atoms with Crippen molar-refractivity contribution in [1.29, 1.82) is 0 Å². The van der Waals surface area contributed by atoms with E-state index in [4.69, 9.17) is 9.47 Å². The monoisotopic (exact) mass is 305 g/mol. The van der Waals surface area contributed by atoms with Gasteiger partial charge in [-0.3, -0.25) is 4.79 Å². The van der Waals surface area contributed by atoms with Gasteiger partial charge in [0.2, 0.25) is 5.91 Å². The zero-order valence-electron chi connectivity index (χ0n) is 13.9. The van der Waals surface area contributed by atoms with E-state index in [1.807, 2.05) is 25.1 Å². The minimum Gasteiger partial charge on any atom is -0.494 e. The van der Waals surface area contributed by atoms with Crippen LogP contribution in [0.25, 0.3) is 0 Å². The van der Waals surface area contributed by atoms with Gasteiger partial charge in [-0.15, -0.1) is 0 Å². The molecule has 0 aromatic heterocycles. The summed E-state index contributed by atoms with van der Waals surface area (Å²) in [5, 5.41) is 3.03. The van der Waals surface area contributed by atoms with E-state index in [0.29, 0.717) is 25.6 Å². The van der Waals surface area contributed by atoms with Crippen LogP contribution in [0, 0.1) is 11.8 Å². The molecule has 1 aromatic rings. The molecule has 1 aliphatic rings. The molecule has 1 N–H and O–H groups in total. The molecular formula is C18H27NO3. The molecule has 22 heavy (non-hydrogen) atoms. The molecule has 4 nitrogen and oxygen atoms in total. The first-order valence-corrected chi connectivity index (χ1v) is 8.26. The van der Waals surface area contributed by atoms with Crippen molar-refractivity contribution in [3.63, 3.8) is 0 Å². The Labute approximate surface area is 133 Å². The summed E-state index contributed by atoms with van der Waals surface area (Å²) in [6.07, 6.45) is 2.89. The average Bonchev–Trinajstić information content (AvgIpc) is 2.50. The van der Waals surface area contributed by atoms with Crippen LogP contribution in [-0.4, -0.2) is 25.7 Å². The largest absolute Gasteiger partial charge is 0.494 e. The molecule has 1 heterocycles. The second-order valence-electron chi connectivity index (χ2n) is 6.24. The van der Waals surface area contributed by atoms with E-state index < -0.39 is 0 Å². The Hall–Kier alpha value is -1.71. The van der Waals surface area contributed by atoms with Crippen LogP contribution >= 0.6 is 0 Å². The number of nitrogens with one attached hydrogen (secondary N) is 1. The molecule has 0 saturated carbocycles. The highest BCUT2D eigenvalue weighted by Gasteiger charge is 2.26. The lowest BCUT2D eigenvalue weighted by atomic mass is 9.95. The highest BCUT2D eigenvalue weighted by atomic mass is 16.5. The molecule has 0 bridgehead atoms. The van der Waals surface area contributed by atoms with E-state index in [1.165, 1.54) is 0 Å². The molecule has 0 saturated heterocycles. The van der Waals surface area contributed by atoms with Crippen molar-refractivity contribution in [3.05, 3.63) is 23.8 Å². The standard InChI is InChI=1S/C18H27NO3/c1-4-21-16-7-8-17-14(11-16)10-15(12-22-17)18(20)19-9-5-6-13(2)3/h7-8,11,13,15H,4-6,9-10,12H2,1-3H3,(H,19,20). The lowest BCUT2D eigenvalue weighted by Crippen LogP contribution is -2.37. The summed E-state index contributed by atoms with van der Waals surface area (Å²) in [6.45, 7) is 8.20. The van der Waals surface area contributed by atoms with E-state index in [2.05, 4.69) is 19.2 Å². The Morgan fingerprint density at radius 1 is 1.45 bits per heavy atom. The smallest absolute Gasteiger partial charge is 0.226 e. The van der Waals surface area contributed by atoms with Crippen molar-refractivity contribution in [2.75, 3.05) is 19.8 Å². The fourth-order valence-corrected chi connectivity index (χ4v) is 2.66. The maximum absolute atomic E-state index is 12.2. The highest BCUT2D eigenvalue weighted by molar-refractivity contribution is 5.79. The van der Waals surface area contributed by atoms with Crippen LogP contribution in [0.5, 0.6) is 11.5 Å². The minimum absolute atomic E-state index is 0.0937. The van der Waals surface area contributed by atoms with Gasteiger partial charge in [-0.05, 0) is 55.9 Å². The lowest BCUT2D eigenvalue weighted by Gasteiger charge is -2.25. The SMILES string of the molecule is CCOc1ccc2c(c1)CC(C(=O)NCCCC(C)C)CO2. The van der Waals surface area contributed by atoms with Crippen molar-refractivity contribution in [1.82, 2.24) is 5.32 Å². The Morgan fingerprint density at radius 2 is 2.27 bits per heavy atom. The molecule has 4 heteroatoms. The zero-order chi connectivity index (χ0) is 15.9.